The number of aromatic nitrogens is 5. The van der Waals surface area contributed by atoms with Gasteiger partial charge in [-0.1, -0.05) is 133 Å². The Hall–Kier alpha value is -7.63. The number of para-hydroxylation sites is 3. The fourth-order valence-electron chi connectivity index (χ4n) is 8.15. The van der Waals surface area contributed by atoms with E-state index in [1.54, 1.807) is 0 Å². The Morgan fingerprint density at radius 3 is 1.50 bits per heavy atom. The fourth-order valence-corrected chi connectivity index (χ4v) is 8.15. The van der Waals surface area contributed by atoms with Gasteiger partial charge in [-0.05, 0) is 71.8 Å². The highest BCUT2D eigenvalue weighted by Gasteiger charge is 2.17. The summed E-state index contributed by atoms with van der Waals surface area (Å²) in [7, 11) is 0. The summed E-state index contributed by atoms with van der Waals surface area (Å²) in [6, 6.07) is 68.2. The Balaban J connectivity index is 1.03. The zero-order valence-corrected chi connectivity index (χ0v) is 30.3. The van der Waals surface area contributed by atoms with Gasteiger partial charge < -0.3 is 4.57 Å². The Morgan fingerprint density at radius 1 is 0.321 bits per heavy atom. The molecule has 0 radical (unpaired) electrons. The highest BCUT2D eigenvalue weighted by Crippen LogP contribution is 2.38. The largest absolute Gasteiger partial charge is 0.309 e. The van der Waals surface area contributed by atoms with Crippen molar-refractivity contribution >= 4 is 43.6 Å². The number of rotatable bonds is 6. The molecule has 0 N–H and O–H groups in total. The Labute approximate surface area is 323 Å². The highest BCUT2D eigenvalue weighted by atomic mass is 15.1. The number of fused-ring (bicyclic) bond motifs is 6. The lowest BCUT2D eigenvalue weighted by atomic mass is 10.0. The zero-order valence-electron chi connectivity index (χ0n) is 30.3. The SMILES string of the molecule is c1ccc(-c2cc(-c3ccccc3)nc(-c3ccc(-n4c5ccccc5c5ccc(-c6ccc7c(c6)c6ccccc6n7-c6ccccc6)cc54)nc3)n2)cc1. The second-order valence-electron chi connectivity index (χ2n) is 14.1. The fraction of sp³-hybridized carbons (Fsp3) is 0. The van der Waals surface area contributed by atoms with E-state index in [0.29, 0.717) is 5.82 Å². The summed E-state index contributed by atoms with van der Waals surface area (Å²) in [4.78, 5) is 15.2. The first kappa shape index (κ1) is 31.9. The maximum atomic E-state index is 5.09. The number of nitrogens with zero attached hydrogens (tertiary/aromatic N) is 5. The Kier molecular flexibility index (Phi) is 7.42. The average Bonchev–Trinajstić information content (AvgIpc) is 3.79. The summed E-state index contributed by atoms with van der Waals surface area (Å²) >= 11 is 0. The van der Waals surface area contributed by atoms with Crippen LogP contribution in [0.3, 0.4) is 0 Å². The molecular formula is C51H33N5. The van der Waals surface area contributed by atoms with E-state index in [0.717, 1.165) is 56.2 Å². The molecule has 0 aliphatic heterocycles. The molecule has 0 spiro atoms. The molecule has 0 fully saturated rings. The minimum atomic E-state index is 0.637. The molecule has 0 amide bonds. The van der Waals surface area contributed by atoms with Gasteiger partial charge in [-0.2, -0.15) is 0 Å². The molecule has 4 heterocycles. The maximum absolute atomic E-state index is 5.09. The van der Waals surface area contributed by atoms with Gasteiger partial charge in [-0.15, -0.1) is 0 Å². The van der Waals surface area contributed by atoms with Crippen LogP contribution in [0.15, 0.2) is 200 Å². The van der Waals surface area contributed by atoms with Crippen molar-refractivity contribution in [3.05, 3.63) is 200 Å². The molecular weight excluding hydrogens is 683 g/mol. The normalized spacial score (nSPS) is 11.6. The first-order valence-electron chi connectivity index (χ1n) is 18.9. The molecule has 0 atom stereocenters. The molecule has 0 unspecified atom stereocenters. The van der Waals surface area contributed by atoms with Gasteiger partial charge in [0.2, 0.25) is 0 Å². The van der Waals surface area contributed by atoms with Crippen LogP contribution in [0.4, 0.5) is 0 Å². The van der Waals surface area contributed by atoms with Crippen LogP contribution in [0.1, 0.15) is 0 Å². The Morgan fingerprint density at radius 2 is 0.839 bits per heavy atom. The monoisotopic (exact) mass is 715 g/mol. The van der Waals surface area contributed by atoms with Gasteiger partial charge in [0.15, 0.2) is 5.82 Å². The second kappa shape index (κ2) is 13.0. The van der Waals surface area contributed by atoms with Gasteiger partial charge in [-0.3, -0.25) is 4.57 Å². The molecule has 5 heteroatoms. The van der Waals surface area contributed by atoms with Crippen molar-refractivity contribution in [1.82, 2.24) is 24.1 Å². The molecule has 56 heavy (non-hydrogen) atoms. The summed E-state index contributed by atoms with van der Waals surface area (Å²) < 4.78 is 4.63. The van der Waals surface area contributed by atoms with Crippen LogP contribution < -0.4 is 0 Å². The van der Waals surface area contributed by atoms with E-state index >= 15 is 0 Å². The second-order valence-corrected chi connectivity index (χ2v) is 14.1. The topological polar surface area (TPSA) is 48.5 Å². The lowest BCUT2D eigenvalue weighted by Gasteiger charge is -2.11. The number of hydrogen-bond donors (Lipinski definition) is 0. The van der Waals surface area contributed by atoms with E-state index in [9.17, 15) is 0 Å². The minimum absolute atomic E-state index is 0.637. The van der Waals surface area contributed by atoms with Crippen molar-refractivity contribution in [3.8, 4) is 56.5 Å². The van der Waals surface area contributed by atoms with E-state index in [-0.39, 0.29) is 0 Å². The van der Waals surface area contributed by atoms with Crippen LogP contribution in [0.25, 0.3) is 100 Å². The van der Waals surface area contributed by atoms with Crippen LogP contribution in [0.2, 0.25) is 0 Å². The molecule has 7 aromatic carbocycles. The van der Waals surface area contributed by atoms with Crippen molar-refractivity contribution < 1.29 is 0 Å². The first-order chi connectivity index (χ1) is 27.8. The van der Waals surface area contributed by atoms with E-state index in [1.165, 1.54) is 38.1 Å². The molecule has 0 bridgehead atoms. The third-order valence-electron chi connectivity index (χ3n) is 10.8. The van der Waals surface area contributed by atoms with Gasteiger partial charge >= 0.3 is 0 Å². The summed E-state index contributed by atoms with van der Waals surface area (Å²) in [6.07, 6.45) is 1.90. The average molecular weight is 716 g/mol. The highest BCUT2D eigenvalue weighted by molar-refractivity contribution is 6.12. The van der Waals surface area contributed by atoms with Gasteiger partial charge in [0.05, 0.1) is 33.5 Å². The van der Waals surface area contributed by atoms with Crippen LogP contribution in [0.5, 0.6) is 0 Å². The van der Waals surface area contributed by atoms with E-state index in [2.05, 4.69) is 167 Å². The third kappa shape index (κ3) is 5.29. The molecule has 4 aromatic heterocycles. The minimum Gasteiger partial charge on any atom is -0.309 e. The quantitative estimate of drug-likeness (QED) is 0.172. The Bertz CT molecular complexity index is 3160. The van der Waals surface area contributed by atoms with Crippen molar-refractivity contribution in [2.45, 2.75) is 0 Å². The van der Waals surface area contributed by atoms with Crippen molar-refractivity contribution in [2.24, 2.45) is 0 Å². The molecule has 5 nitrogen and oxygen atoms in total. The number of pyridine rings is 1. The summed E-state index contributed by atoms with van der Waals surface area (Å²) in [5.74, 6) is 1.47. The lowest BCUT2D eigenvalue weighted by molar-refractivity contribution is 1.07. The molecule has 0 aliphatic rings. The van der Waals surface area contributed by atoms with Gasteiger partial charge in [0, 0.05) is 50.1 Å². The smallest absolute Gasteiger partial charge is 0.161 e. The van der Waals surface area contributed by atoms with Gasteiger partial charge in [-0.25, -0.2) is 15.0 Å². The van der Waals surface area contributed by atoms with Gasteiger partial charge in [0.25, 0.3) is 0 Å². The maximum Gasteiger partial charge on any atom is 0.161 e. The molecule has 0 saturated heterocycles. The van der Waals surface area contributed by atoms with E-state index in [1.807, 2.05) is 42.6 Å². The third-order valence-corrected chi connectivity index (χ3v) is 10.8. The molecule has 0 aliphatic carbocycles. The molecule has 262 valence electrons. The van der Waals surface area contributed by atoms with Gasteiger partial charge in [0.1, 0.15) is 5.82 Å². The van der Waals surface area contributed by atoms with E-state index < -0.39 is 0 Å². The standard InChI is InChI=1S/C51H33N5/c1-4-14-34(15-5-1)44-32-45(35-16-6-2-7-17-35)54-51(53-44)38-26-29-50(52-33-38)56-47-23-13-10-20-40(47)42-27-24-37(31-49(42)56)36-25-28-48-43(30-36)41-21-11-12-22-46(41)55(48)39-18-8-3-9-19-39/h1-33H. The van der Waals surface area contributed by atoms with Crippen molar-refractivity contribution in [2.75, 3.05) is 0 Å². The van der Waals surface area contributed by atoms with Crippen LogP contribution in [-0.4, -0.2) is 24.1 Å². The molecule has 11 rings (SSSR count). The molecule has 0 saturated carbocycles. The predicted octanol–water partition coefficient (Wildman–Crippen LogP) is 12.7. The van der Waals surface area contributed by atoms with Crippen LogP contribution in [0, 0.1) is 0 Å². The summed E-state index contributed by atoms with van der Waals surface area (Å²) in [5.41, 5.74) is 12.7. The zero-order chi connectivity index (χ0) is 37.0. The van der Waals surface area contributed by atoms with E-state index in [4.69, 9.17) is 15.0 Å². The summed E-state index contributed by atoms with van der Waals surface area (Å²) in [5, 5.41) is 4.84. The lowest BCUT2D eigenvalue weighted by Crippen LogP contribution is -1.99. The first-order valence-corrected chi connectivity index (χ1v) is 18.9. The predicted molar refractivity (Wildman–Crippen MR) is 230 cm³/mol. The number of benzene rings is 7. The van der Waals surface area contributed by atoms with Crippen LogP contribution >= 0.6 is 0 Å². The summed E-state index contributed by atoms with van der Waals surface area (Å²) in [6.45, 7) is 0. The molecule has 11 aromatic rings. The van der Waals surface area contributed by atoms with Crippen molar-refractivity contribution in [3.63, 3.8) is 0 Å². The van der Waals surface area contributed by atoms with Crippen molar-refractivity contribution in [1.29, 1.82) is 0 Å². The van der Waals surface area contributed by atoms with Crippen LogP contribution in [-0.2, 0) is 0 Å². The number of hydrogen-bond acceptors (Lipinski definition) is 3.